The first kappa shape index (κ1) is 21.7. The number of guanidine groups is 1. The molecule has 1 aliphatic rings. The molecule has 0 aliphatic carbocycles. The fourth-order valence-electron chi connectivity index (χ4n) is 3.25. The highest BCUT2D eigenvalue weighted by atomic mass is 16.5. The summed E-state index contributed by atoms with van der Waals surface area (Å²) in [5, 5.41) is 11.4. The van der Waals surface area contributed by atoms with Crippen LogP contribution in [-0.2, 0) is 22.6 Å². The van der Waals surface area contributed by atoms with E-state index in [0.717, 1.165) is 63.3 Å². The van der Waals surface area contributed by atoms with Crippen molar-refractivity contribution in [1.82, 2.24) is 25.3 Å². The number of ether oxygens (including phenoxy) is 2. The van der Waals surface area contributed by atoms with Crippen LogP contribution in [0.1, 0.15) is 30.8 Å². The van der Waals surface area contributed by atoms with Gasteiger partial charge in [-0.3, -0.25) is 9.58 Å². The zero-order valence-electron chi connectivity index (χ0n) is 17.5. The Bertz CT molecular complexity index is 595. The van der Waals surface area contributed by atoms with E-state index in [1.165, 1.54) is 5.56 Å². The third-order valence-corrected chi connectivity index (χ3v) is 5.01. The second kappa shape index (κ2) is 11.3. The quantitative estimate of drug-likeness (QED) is 0.490. The normalized spacial score (nSPS) is 17.1. The number of aliphatic imine (C=N–C) groups is 1. The van der Waals surface area contributed by atoms with Crippen LogP contribution in [0.3, 0.4) is 0 Å². The third kappa shape index (κ3) is 6.48. The van der Waals surface area contributed by atoms with Crippen molar-refractivity contribution in [1.29, 1.82) is 0 Å². The minimum atomic E-state index is 0.443. The van der Waals surface area contributed by atoms with E-state index in [0.29, 0.717) is 19.2 Å². The Morgan fingerprint density at radius 1 is 1.30 bits per heavy atom. The summed E-state index contributed by atoms with van der Waals surface area (Å²) in [6.07, 6.45) is 0. The van der Waals surface area contributed by atoms with Gasteiger partial charge < -0.3 is 20.1 Å². The Hall–Kier alpha value is -1.64. The molecule has 8 nitrogen and oxygen atoms in total. The Morgan fingerprint density at radius 2 is 2.04 bits per heavy atom. The monoisotopic (exact) mass is 380 g/mol. The topological polar surface area (TPSA) is 75.9 Å². The van der Waals surface area contributed by atoms with Crippen molar-refractivity contribution in [3.05, 3.63) is 17.0 Å². The molecule has 1 saturated heterocycles. The van der Waals surface area contributed by atoms with Gasteiger partial charge >= 0.3 is 0 Å². The van der Waals surface area contributed by atoms with Crippen LogP contribution >= 0.6 is 0 Å². The molecule has 8 heteroatoms. The van der Waals surface area contributed by atoms with E-state index in [1.807, 2.05) is 11.6 Å². The van der Waals surface area contributed by atoms with Crippen LogP contribution in [0.4, 0.5) is 0 Å². The van der Waals surface area contributed by atoms with Gasteiger partial charge in [0.15, 0.2) is 5.96 Å². The molecule has 27 heavy (non-hydrogen) atoms. The molecule has 0 spiro atoms. The summed E-state index contributed by atoms with van der Waals surface area (Å²) in [4.78, 5) is 7.24. The number of rotatable bonds is 9. The molecule has 1 aromatic rings. The molecule has 1 aromatic heterocycles. The number of hydrogen-bond donors (Lipinski definition) is 2. The number of nitrogens with zero attached hydrogens (tertiary/aromatic N) is 4. The van der Waals surface area contributed by atoms with E-state index in [1.54, 1.807) is 7.11 Å². The molecule has 2 rings (SSSR count). The maximum atomic E-state index is 5.44. The molecule has 2 heterocycles. The van der Waals surface area contributed by atoms with Gasteiger partial charge in [-0.05, 0) is 27.7 Å². The lowest BCUT2D eigenvalue weighted by Crippen LogP contribution is -2.49. The summed E-state index contributed by atoms with van der Waals surface area (Å²) < 4.78 is 12.6. The maximum Gasteiger partial charge on any atom is 0.191 e. The van der Waals surface area contributed by atoms with Crippen molar-refractivity contribution in [2.45, 2.75) is 46.8 Å². The second-order valence-electron chi connectivity index (χ2n) is 6.94. The number of aryl methyl sites for hydroxylation is 1. The van der Waals surface area contributed by atoms with Crippen LogP contribution in [0.2, 0.25) is 0 Å². The molecule has 1 fully saturated rings. The molecule has 2 N–H and O–H groups in total. The molecule has 0 amide bonds. The standard InChI is InChI=1S/C19H36N6O2/c1-6-20-19(21-13-15(2)24-7-11-27-12-8-24)22-14-18-16(3)23-25(17(18)4)9-10-26-5/h15H,6-14H2,1-5H3,(H2,20,21,22). The van der Waals surface area contributed by atoms with Gasteiger partial charge in [-0.25, -0.2) is 4.99 Å². The van der Waals surface area contributed by atoms with E-state index >= 15 is 0 Å². The molecule has 1 aliphatic heterocycles. The highest BCUT2D eigenvalue weighted by Gasteiger charge is 2.17. The van der Waals surface area contributed by atoms with Gasteiger partial charge in [0.2, 0.25) is 0 Å². The van der Waals surface area contributed by atoms with Gasteiger partial charge in [-0.15, -0.1) is 0 Å². The van der Waals surface area contributed by atoms with E-state index < -0.39 is 0 Å². The first-order chi connectivity index (χ1) is 13.1. The van der Waals surface area contributed by atoms with Crippen LogP contribution < -0.4 is 10.6 Å². The van der Waals surface area contributed by atoms with Crippen molar-refractivity contribution in [2.24, 2.45) is 4.99 Å². The smallest absolute Gasteiger partial charge is 0.191 e. The van der Waals surface area contributed by atoms with Gasteiger partial charge in [0, 0.05) is 50.6 Å². The fraction of sp³-hybridized carbons (Fsp3) is 0.789. The van der Waals surface area contributed by atoms with Crippen molar-refractivity contribution in [2.75, 3.05) is 53.1 Å². The molecule has 0 saturated carbocycles. The Labute approximate surface area is 163 Å². The Morgan fingerprint density at radius 3 is 2.70 bits per heavy atom. The molecule has 0 aromatic carbocycles. The number of nitrogens with one attached hydrogen (secondary N) is 2. The second-order valence-corrected chi connectivity index (χ2v) is 6.94. The van der Waals surface area contributed by atoms with Crippen LogP contribution in [0.15, 0.2) is 4.99 Å². The molecule has 154 valence electrons. The lowest BCUT2D eigenvalue weighted by atomic mass is 10.2. The summed E-state index contributed by atoms with van der Waals surface area (Å²) in [7, 11) is 1.71. The average molecular weight is 381 g/mol. The predicted molar refractivity (Wildman–Crippen MR) is 108 cm³/mol. The molecule has 0 radical (unpaired) electrons. The lowest BCUT2D eigenvalue weighted by Gasteiger charge is -2.32. The van der Waals surface area contributed by atoms with Crippen molar-refractivity contribution < 1.29 is 9.47 Å². The zero-order chi connectivity index (χ0) is 19.6. The Balaban J connectivity index is 1.95. The maximum absolute atomic E-state index is 5.44. The van der Waals surface area contributed by atoms with Gasteiger partial charge in [0.25, 0.3) is 0 Å². The minimum absolute atomic E-state index is 0.443. The summed E-state index contributed by atoms with van der Waals surface area (Å²) in [6, 6.07) is 0.443. The van der Waals surface area contributed by atoms with Gasteiger partial charge in [0.1, 0.15) is 0 Å². The average Bonchev–Trinajstić information content (AvgIpc) is 2.95. The molecule has 0 bridgehead atoms. The van der Waals surface area contributed by atoms with Crippen LogP contribution in [0.25, 0.3) is 0 Å². The SMILES string of the molecule is CCNC(=NCc1c(C)nn(CCOC)c1C)NCC(C)N1CCOCC1. The number of morpholine rings is 1. The highest BCUT2D eigenvalue weighted by molar-refractivity contribution is 5.79. The summed E-state index contributed by atoms with van der Waals surface area (Å²) in [5.74, 6) is 0.848. The summed E-state index contributed by atoms with van der Waals surface area (Å²) >= 11 is 0. The first-order valence-electron chi connectivity index (χ1n) is 9.92. The number of methoxy groups -OCH3 is 1. The zero-order valence-corrected chi connectivity index (χ0v) is 17.5. The first-order valence-corrected chi connectivity index (χ1v) is 9.92. The molecule has 1 atom stereocenters. The summed E-state index contributed by atoms with van der Waals surface area (Å²) in [6.45, 7) is 15.9. The minimum Gasteiger partial charge on any atom is -0.383 e. The van der Waals surface area contributed by atoms with E-state index in [4.69, 9.17) is 14.5 Å². The number of hydrogen-bond acceptors (Lipinski definition) is 5. The Kier molecular flexibility index (Phi) is 9.03. The van der Waals surface area contributed by atoms with Gasteiger partial charge in [-0.1, -0.05) is 0 Å². The lowest BCUT2D eigenvalue weighted by molar-refractivity contribution is 0.0211. The van der Waals surface area contributed by atoms with Crippen LogP contribution in [-0.4, -0.2) is 79.8 Å². The fourth-order valence-corrected chi connectivity index (χ4v) is 3.25. The van der Waals surface area contributed by atoms with Gasteiger partial charge in [-0.2, -0.15) is 5.10 Å². The van der Waals surface area contributed by atoms with Crippen LogP contribution in [0, 0.1) is 13.8 Å². The molecular formula is C19H36N6O2. The van der Waals surface area contributed by atoms with E-state index in [2.05, 4.69) is 41.4 Å². The van der Waals surface area contributed by atoms with E-state index in [-0.39, 0.29) is 0 Å². The highest BCUT2D eigenvalue weighted by Crippen LogP contribution is 2.14. The van der Waals surface area contributed by atoms with Crippen molar-refractivity contribution in [3.63, 3.8) is 0 Å². The number of aromatic nitrogens is 2. The van der Waals surface area contributed by atoms with Crippen LogP contribution in [0.5, 0.6) is 0 Å². The molecule has 1 unspecified atom stereocenters. The predicted octanol–water partition coefficient (Wildman–Crippen LogP) is 0.922. The third-order valence-electron chi connectivity index (χ3n) is 5.01. The van der Waals surface area contributed by atoms with Crippen molar-refractivity contribution in [3.8, 4) is 0 Å². The van der Waals surface area contributed by atoms with Crippen molar-refractivity contribution >= 4 is 5.96 Å². The summed E-state index contributed by atoms with van der Waals surface area (Å²) in [5.41, 5.74) is 3.38. The largest absolute Gasteiger partial charge is 0.383 e. The van der Waals surface area contributed by atoms with E-state index in [9.17, 15) is 0 Å². The van der Waals surface area contributed by atoms with Gasteiger partial charge in [0.05, 0.1) is 38.6 Å². The molecular weight excluding hydrogens is 344 g/mol.